The molecule has 0 spiro atoms. The normalized spacial score (nSPS) is 13.2. The van der Waals surface area contributed by atoms with Crippen molar-refractivity contribution in [3.05, 3.63) is 134 Å². The molecular weight excluding hydrogens is 841 g/mol. The van der Waals surface area contributed by atoms with E-state index in [9.17, 15) is 14.4 Å². The van der Waals surface area contributed by atoms with Crippen molar-refractivity contribution >= 4 is 17.9 Å². The van der Waals surface area contributed by atoms with Gasteiger partial charge in [-0.15, -0.1) is 0 Å². The van der Waals surface area contributed by atoms with Crippen molar-refractivity contribution in [3.8, 4) is 0 Å². The highest BCUT2D eigenvalue weighted by Gasteiger charge is 2.19. The number of ether oxygens (including phenoxy) is 3. The van der Waals surface area contributed by atoms with E-state index in [0.29, 0.717) is 19.3 Å². The Labute approximate surface area is 417 Å². The quantitative estimate of drug-likeness (QED) is 0.0199. The smallest absolute Gasteiger partial charge is 0.306 e. The standard InChI is InChI=1S/C62H98O6/c1-4-7-10-13-16-19-22-25-28-30-32-34-37-40-43-46-49-52-55-61(64)67-58-59(57-66-60(63)54-51-48-45-42-39-36-33-27-24-21-18-15-12-9-6-3)68-62(65)56-53-50-47-44-41-38-35-31-29-26-23-20-17-14-11-8-5-2/h9,12,15,17-18,20-21,24,26-30,32-36,38-39,44,47,59H,4-8,10-11,13-14,16,19,22-23,25,31,37,40-43,45-46,48-58H2,1-3H3/b12-9-,18-15-,20-17-,24-21-,29-26-,30-28-,33-27-,34-32-,38-35-,39-36-,47-44-. The van der Waals surface area contributed by atoms with E-state index in [0.717, 1.165) is 89.9 Å². The Morgan fingerprint density at radius 2 is 0.647 bits per heavy atom. The number of hydrogen-bond donors (Lipinski definition) is 0. The van der Waals surface area contributed by atoms with Crippen molar-refractivity contribution in [1.82, 2.24) is 0 Å². The Balaban J connectivity index is 4.60. The van der Waals surface area contributed by atoms with E-state index in [1.54, 1.807) is 0 Å². The number of hydrogen-bond acceptors (Lipinski definition) is 6. The summed E-state index contributed by atoms with van der Waals surface area (Å²) in [6, 6.07) is 0. The van der Waals surface area contributed by atoms with Gasteiger partial charge >= 0.3 is 17.9 Å². The van der Waals surface area contributed by atoms with E-state index in [2.05, 4.69) is 106 Å². The number of carbonyl (C=O) groups is 3. The van der Waals surface area contributed by atoms with Gasteiger partial charge in [-0.1, -0.05) is 231 Å². The van der Waals surface area contributed by atoms with Gasteiger partial charge in [-0.2, -0.15) is 0 Å². The van der Waals surface area contributed by atoms with Crippen LogP contribution >= 0.6 is 0 Å². The Bertz CT molecular complexity index is 1500. The average Bonchev–Trinajstić information content (AvgIpc) is 3.34. The lowest BCUT2D eigenvalue weighted by molar-refractivity contribution is -0.167. The van der Waals surface area contributed by atoms with E-state index in [4.69, 9.17) is 14.2 Å². The van der Waals surface area contributed by atoms with Gasteiger partial charge in [-0.05, 0) is 103 Å². The topological polar surface area (TPSA) is 78.9 Å². The minimum absolute atomic E-state index is 0.127. The maximum absolute atomic E-state index is 12.8. The number of esters is 3. The summed E-state index contributed by atoms with van der Waals surface area (Å²) in [6.07, 6.45) is 77.2. The molecule has 0 amide bonds. The molecule has 0 aromatic carbocycles. The second kappa shape index (κ2) is 55.1. The molecule has 0 aliphatic carbocycles. The van der Waals surface area contributed by atoms with E-state index in [1.807, 2.05) is 48.6 Å². The summed E-state index contributed by atoms with van der Waals surface area (Å²) in [7, 11) is 0. The number of carbonyl (C=O) groups excluding carboxylic acids is 3. The first-order chi connectivity index (χ1) is 33.5. The molecule has 6 nitrogen and oxygen atoms in total. The summed E-state index contributed by atoms with van der Waals surface area (Å²) in [6.45, 7) is 6.35. The number of allylic oxidation sites excluding steroid dienone is 22. The molecule has 0 fully saturated rings. The summed E-state index contributed by atoms with van der Waals surface area (Å²) in [5, 5.41) is 0. The van der Waals surface area contributed by atoms with E-state index in [1.165, 1.54) is 77.0 Å². The summed E-state index contributed by atoms with van der Waals surface area (Å²) < 4.78 is 16.7. The van der Waals surface area contributed by atoms with Gasteiger partial charge in [0, 0.05) is 19.3 Å². The molecule has 1 unspecified atom stereocenters. The highest BCUT2D eigenvalue weighted by atomic mass is 16.6. The fraction of sp³-hybridized carbons (Fsp3) is 0.597. The average molecular weight is 939 g/mol. The molecule has 382 valence electrons. The molecule has 1 atom stereocenters. The molecular formula is C62H98O6. The molecule has 0 saturated heterocycles. The molecule has 0 radical (unpaired) electrons. The first kappa shape index (κ1) is 63.5. The second-order valence-corrected chi connectivity index (χ2v) is 17.5. The van der Waals surface area contributed by atoms with Crippen LogP contribution in [0.15, 0.2) is 134 Å². The predicted molar refractivity (Wildman–Crippen MR) is 292 cm³/mol. The van der Waals surface area contributed by atoms with Gasteiger partial charge < -0.3 is 14.2 Å². The fourth-order valence-electron chi connectivity index (χ4n) is 6.92. The maximum Gasteiger partial charge on any atom is 0.306 e. The Morgan fingerprint density at radius 1 is 0.324 bits per heavy atom. The molecule has 0 N–H and O–H groups in total. The number of unbranched alkanes of at least 4 members (excludes halogenated alkanes) is 19. The monoisotopic (exact) mass is 939 g/mol. The summed E-state index contributed by atoms with van der Waals surface area (Å²) in [4.78, 5) is 38.1. The summed E-state index contributed by atoms with van der Waals surface area (Å²) >= 11 is 0. The van der Waals surface area contributed by atoms with Crippen LogP contribution < -0.4 is 0 Å². The molecule has 0 aromatic heterocycles. The van der Waals surface area contributed by atoms with Crippen molar-refractivity contribution in [2.45, 2.75) is 226 Å². The van der Waals surface area contributed by atoms with Gasteiger partial charge in [-0.25, -0.2) is 0 Å². The van der Waals surface area contributed by atoms with Crippen LogP contribution in [0.4, 0.5) is 0 Å². The van der Waals surface area contributed by atoms with Crippen molar-refractivity contribution in [1.29, 1.82) is 0 Å². The van der Waals surface area contributed by atoms with Crippen LogP contribution in [-0.4, -0.2) is 37.2 Å². The predicted octanol–water partition coefficient (Wildman–Crippen LogP) is 18.3. The zero-order chi connectivity index (χ0) is 49.3. The zero-order valence-corrected chi connectivity index (χ0v) is 43.6. The third kappa shape index (κ3) is 52.5. The molecule has 0 aliphatic heterocycles. The highest BCUT2D eigenvalue weighted by Crippen LogP contribution is 2.12. The second-order valence-electron chi connectivity index (χ2n) is 17.5. The van der Waals surface area contributed by atoms with Gasteiger partial charge in [0.05, 0.1) is 0 Å². The Morgan fingerprint density at radius 3 is 1.13 bits per heavy atom. The summed E-state index contributed by atoms with van der Waals surface area (Å²) in [5.41, 5.74) is 0. The molecule has 0 rings (SSSR count). The first-order valence-corrected chi connectivity index (χ1v) is 27.3. The molecule has 0 heterocycles. The third-order valence-electron chi connectivity index (χ3n) is 11.0. The van der Waals surface area contributed by atoms with Crippen LogP contribution in [-0.2, 0) is 28.6 Å². The van der Waals surface area contributed by atoms with Crippen LogP contribution in [0, 0.1) is 0 Å². The first-order valence-electron chi connectivity index (χ1n) is 27.3. The van der Waals surface area contributed by atoms with Crippen LogP contribution in [0.25, 0.3) is 0 Å². The molecule has 6 heteroatoms. The molecule has 0 aromatic rings. The van der Waals surface area contributed by atoms with Crippen molar-refractivity contribution in [2.75, 3.05) is 13.2 Å². The Kier molecular flexibility index (Phi) is 51.5. The van der Waals surface area contributed by atoms with Crippen molar-refractivity contribution in [2.24, 2.45) is 0 Å². The van der Waals surface area contributed by atoms with Gasteiger partial charge in [0.15, 0.2) is 6.10 Å². The SMILES string of the molecule is CC\C=C/C=C\C=C/C=C\C=C/CCCCCC(=O)OCC(COC(=O)CCCCCCC/C=C\C=C/CCCCCCCCC)OC(=O)CCC/C=C\C/C=C\C/C=C\C/C=C\CCCCC. The maximum atomic E-state index is 12.8. The molecule has 0 bridgehead atoms. The lowest BCUT2D eigenvalue weighted by Gasteiger charge is -2.18. The van der Waals surface area contributed by atoms with Crippen molar-refractivity contribution in [3.63, 3.8) is 0 Å². The lowest BCUT2D eigenvalue weighted by atomic mass is 10.1. The molecule has 68 heavy (non-hydrogen) atoms. The molecule has 0 aliphatic rings. The summed E-state index contributed by atoms with van der Waals surface area (Å²) in [5.74, 6) is -1.05. The van der Waals surface area contributed by atoms with Crippen LogP contribution in [0.3, 0.4) is 0 Å². The van der Waals surface area contributed by atoms with E-state index < -0.39 is 6.10 Å². The van der Waals surface area contributed by atoms with Gasteiger partial charge in [0.1, 0.15) is 13.2 Å². The van der Waals surface area contributed by atoms with Gasteiger partial charge in [0.25, 0.3) is 0 Å². The van der Waals surface area contributed by atoms with E-state index >= 15 is 0 Å². The third-order valence-corrected chi connectivity index (χ3v) is 11.0. The van der Waals surface area contributed by atoms with Crippen LogP contribution in [0.1, 0.15) is 220 Å². The fourth-order valence-corrected chi connectivity index (χ4v) is 6.92. The minimum atomic E-state index is -0.836. The Hall–Kier alpha value is -4.45. The zero-order valence-electron chi connectivity index (χ0n) is 43.6. The van der Waals surface area contributed by atoms with Crippen molar-refractivity contribution < 1.29 is 28.6 Å². The largest absolute Gasteiger partial charge is 0.462 e. The molecule has 0 saturated carbocycles. The highest BCUT2D eigenvalue weighted by molar-refractivity contribution is 5.71. The van der Waals surface area contributed by atoms with Crippen LogP contribution in [0.5, 0.6) is 0 Å². The van der Waals surface area contributed by atoms with Crippen LogP contribution in [0.2, 0.25) is 0 Å². The number of rotatable bonds is 47. The van der Waals surface area contributed by atoms with Gasteiger partial charge in [0.2, 0.25) is 0 Å². The minimum Gasteiger partial charge on any atom is -0.462 e. The van der Waals surface area contributed by atoms with E-state index in [-0.39, 0.29) is 44.0 Å². The lowest BCUT2D eigenvalue weighted by Crippen LogP contribution is -2.30. The van der Waals surface area contributed by atoms with Gasteiger partial charge in [-0.3, -0.25) is 14.4 Å².